The van der Waals surface area contributed by atoms with Gasteiger partial charge in [-0.15, -0.1) is 12.6 Å². The Kier molecular flexibility index (Phi) is 2.58. The maximum atomic E-state index is 8.97. The van der Waals surface area contributed by atoms with E-state index in [9.17, 15) is 0 Å². The van der Waals surface area contributed by atoms with Crippen LogP contribution in [0.3, 0.4) is 0 Å². The molecule has 0 atom stereocenters. The first-order valence-corrected chi connectivity index (χ1v) is 4.00. The molecule has 0 aliphatic carbocycles. The Morgan fingerprint density at radius 1 is 1.36 bits per heavy atom. The highest BCUT2D eigenvalue weighted by atomic mass is 32.1. The van der Waals surface area contributed by atoms with Crippen molar-refractivity contribution >= 4 is 12.6 Å². The van der Waals surface area contributed by atoms with Crippen LogP contribution < -0.4 is 0 Å². The Labute approximate surface area is 72.5 Å². The fraction of sp³-hybridized carbons (Fsp3) is 0.333. The van der Waals surface area contributed by atoms with Crippen LogP contribution in [0, 0.1) is 13.8 Å². The topological polar surface area (TPSA) is 20.2 Å². The van der Waals surface area contributed by atoms with Crippen molar-refractivity contribution < 1.29 is 5.11 Å². The van der Waals surface area contributed by atoms with Gasteiger partial charge in [-0.05, 0) is 36.6 Å². The van der Waals surface area contributed by atoms with Crippen LogP contribution in [0.25, 0.3) is 0 Å². The van der Waals surface area contributed by atoms with E-state index >= 15 is 0 Å². The summed E-state index contributed by atoms with van der Waals surface area (Å²) in [5.41, 5.74) is 3.28. The molecule has 0 fully saturated rings. The van der Waals surface area contributed by atoms with Gasteiger partial charge in [0.25, 0.3) is 0 Å². The summed E-state index contributed by atoms with van der Waals surface area (Å²) in [6.07, 6.45) is 0. The van der Waals surface area contributed by atoms with Crippen molar-refractivity contribution in [2.24, 2.45) is 0 Å². The normalized spacial score (nSPS) is 10.2. The van der Waals surface area contributed by atoms with E-state index in [0.29, 0.717) is 0 Å². The molecule has 1 aromatic rings. The minimum Gasteiger partial charge on any atom is -0.392 e. The molecular weight excluding hydrogens is 156 g/mol. The molecule has 0 heterocycles. The van der Waals surface area contributed by atoms with Gasteiger partial charge in [0.05, 0.1) is 6.61 Å². The zero-order valence-electron chi connectivity index (χ0n) is 6.76. The lowest BCUT2D eigenvalue weighted by Gasteiger charge is -2.07. The van der Waals surface area contributed by atoms with Crippen LogP contribution in [0.4, 0.5) is 0 Å². The van der Waals surface area contributed by atoms with E-state index < -0.39 is 0 Å². The standard InChI is InChI=1S/C9H12OS/c1-6-3-4-9(11)8(5-10)7(6)2/h3-4,10-11H,5H2,1-2H3. The Morgan fingerprint density at radius 2 is 2.00 bits per heavy atom. The molecule has 0 aromatic heterocycles. The van der Waals surface area contributed by atoms with Gasteiger partial charge in [0.15, 0.2) is 0 Å². The first-order valence-electron chi connectivity index (χ1n) is 3.55. The van der Waals surface area contributed by atoms with Gasteiger partial charge in [0, 0.05) is 4.90 Å². The quantitative estimate of drug-likeness (QED) is 0.615. The van der Waals surface area contributed by atoms with Crippen LogP contribution in [-0.2, 0) is 6.61 Å². The third kappa shape index (κ3) is 1.57. The third-order valence-corrected chi connectivity index (χ3v) is 2.42. The molecule has 0 unspecified atom stereocenters. The number of hydrogen-bond acceptors (Lipinski definition) is 2. The van der Waals surface area contributed by atoms with Crippen molar-refractivity contribution in [3.05, 3.63) is 28.8 Å². The molecule has 0 amide bonds. The minimum absolute atomic E-state index is 0.0757. The fourth-order valence-electron chi connectivity index (χ4n) is 1.06. The van der Waals surface area contributed by atoms with Crippen molar-refractivity contribution in [3.63, 3.8) is 0 Å². The summed E-state index contributed by atoms with van der Waals surface area (Å²) in [5, 5.41) is 8.97. The van der Waals surface area contributed by atoms with E-state index in [1.807, 2.05) is 26.0 Å². The summed E-state index contributed by atoms with van der Waals surface area (Å²) < 4.78 is 0. The van der Waals surface area contributed by atoms with Gasteiger partial charge in [-0.2, -0.15) is 0 Å². The minimum atomic E-state index is 0.0757. The molecule has 1 rings (SSSR count). The number of thiol groups is 1. The molecule has 1 aromatic carbocycles. The highest BCUT2D eigenvalue weighted by Gasteiger charge is 2.02. The Balaban J connectivity index is 3.29. The van der Waals surface area contributed by atoms with E-state index in [0.717, 1.165) is 16.0 Å². The van der Waals surface area contributed by atoms with Crippen molar-refractivity contribution in [3.8, 4) is 0 Å². The molecule has 1 nitrogen and oxygen atoms in total. The summed E-state index contributed by atoms with van der Waals surface area (Å²) in [4.78, 5) is 0.871. The van der Waals surface area contributed by atoms with Crippen molar-refractivity contribution in [2.75, 3.05) is 0 Å². The molecule has 0 saturated carbocycles. The van der Waals surface area contributed by atoms with Crippen LogP contribution in [0.5, 0.6) is 0 Å². The molecule has 0 aliphatic heterocycles. The van der Waals surface area contributed by atoms with Gasteiger partial charge >= 0.3 is 0 Å². The molecule has 0 radical (unpaired) electrons. The molecule has 0 aliphatic rings. The number of benzene rings is 1. The predicted octanol–water partition coefficient (Wildman–Crippen LogP) is 2.08. The zero-order chi connectivity index (χ0) is 8.43. The molecule has 60 valence electrons. The van der Waals surface area contributed by atoms with Crippen LogP contribution >= 0.6 is 12.6 Å². The van der Waals surface area contributed by atoms with Crippen LogP contribution in [0.2, 0.25) is 0 Å². The second kappa shape index (κ2) is 3.28. The third-order valence-electron chi connectivity index (χ3n) is 2.00. The summed E-state index contributed by atoms with van der Waals surface area (Å²) in [5.74, 6) is 0. The van der Waals surface area contributed by atoms with E-state index in [2.05, 4.69) is 12.6 Å². The fourth-order valence-corrected chi connectivity index (χ4v) is 1.37. The molecule has 1 N–H and O–H groups in total. The summed E-state index contributed by atoms with van der Waals surface area (Å²) in [6, 6.07) is 3.92. The van der Waals surface area contributed by atoms with Crippen molar-refractivity contribution in [2.45, 2.75) is 25.3 Å². The molecule has 0 bridgehead atoms. The lowest BCUT2D eigenvalue weighted by atomic mass is 10.0. The van der Waals surface area contributed by atoms with E-state index in [-0.39, 0.29) is 6.61 Å². The summed E-state index contributed by atoms with van der Waals surface area (Å²) >= 11 is 4.23. The number of rotatable bonds is 1. The first-order chi connectivity index (χ1) is 5.16. The highest BCUT2D eigenvalue weighted by Crippen LogP contribution is 2.20. The SMILES string of the molecule is Cc1ccc(S)c(CO)c1C. The molecule has 11 heavy (non-hydrogen) atoms. The smallest absolute Gasteiger partial charge is 0.0695 e. The zero-order valence-corrected chi connectivity index (χ0v) is 7.65. The van der Waals surface area contributed by atoms with Crippen LogP contribution in [-0.4, -0.2) is 5.11 Å². The lowest BCUT2D eigenvalue weighted by Crippen LogP contribution is -1.93. The first kappa shape index (κ1) is 8.62. The van der Waals surface area contributed by atoms with Crippen molar-refractivity contribution in [1.82, 2.24) is 0 Å². The summed E-state index contributed by atoms with van der Waals surface area (Å²) in [6.45, 7) is 4.11. The molecular formula is C9H12OS. The lowest BCUT2D eigenvalue weighted by molar-refractivity contribution is 0.278. The van der Waals surface area contributed by atoms with Gasteiger partial charge in [-0.3, -0.25) is 0 Å². The predicted molar refractivity (Wildman–Crippen MR) is 49.1 cm³/mol. The highest BCUT2D eigenvalue weighted by molar-refractivity contribution is 7.80. The van der Waals surface area contributed by atoms with E-state index in [1.165, 1.54) is 5.56 Å². The number of aryl methyl sites for hydroxylation is 1. The van der Waals surface area contributed by atoms with Gasteiger partial charge < -0.3 is 5.11 Å². The van der Waals surface area contributed by atoms with Crippen LogP contribution in [0.15, 0.2) is 17.0 Å². The number of aliphatic hydroxyl groups excluding tert-OH is 1. The maximum absolute atomic E-state index is 8.97. The monoisotopic (exact) mass is 168 g/mol. The van der Waals surface area contributed by atoms with E-state index in [1.54, 1.807) is 0 Å². The number of hydrogen-bond donors (Lipinski definition) is 2. The van der Waals surface area contributed by atoms with Crippen LogP contribution in [0.1, 0.15) is 16.7 Å². The average Bonchev–Trinajstić information content (AvgIpc) is 1.99. The maximum Gasteiger partial charge on any atom is 0.0695 e. The Bertz CT molecular complexity index is 269. The molecule has 2 heteroatoms. The van der Waals surface area contributed by atoms with Gasteiger partial charge in [0.2, 0.25) is 0 Å². The van der Waals surface area contributed by atoms with Gasteiger partial charge in [0.1, 0.15) is 0 Å². The second-order valence-corrected chi connectivity index (χ2v) is 3.15. The van der Waals surface area contributed by atoms with Gasteiger partial charge in [-0.1, -0.05) is 6.07 Å². The number of aliphatic hydroxyl groups is 1. The molecule has 0 spiro atoms. The molecule has 0 saturated heterocycles. The second-order valence-electron chi connectivity index (χ2n) is 2.66. The Morgan fingerprint density at radius 3 is 2.45 bits per heavy atom. The van der Waals surface area contributed by atoms with Gasteiger partial charge in [-0.25, -0.2) is 0 Å². The van der Waals surface area contributed by atoms with Crippen molar-refractivity contribution in [1.29, 1.82) is 0 Å². The Hall–Kier alpha value is -0.470. The van der Waals surface area contributed by atoms with E-state index in [4.69, 9.17) is 5.11 Å². The average molecular weight is 168 g/mol. The summed E-state index contributed by atoms with van der Waals surface area (Å²) in [7, 11) is 0. The largest absolute Gasteiger partial charge is 0.392 e.